The van der Waals surface area contributed by atoms with Crippen molar-refractivity contribution in [2.75, 3.05) is 0 Å². The van der Waals surface area contributed by atoms with Gasteiger partial charge in [-0.2, -0.15) is 0 Å². The van der Waals surface area contributed by atoms with Gasteiger partial charge in [-0.15, -0.1) is 0 Å². The summed E-state index contributed by atoms with van der Waals surface area (Å²) >= 11 is 3.43. The largest absolute Gasteiger partial charge is 0.349 e. The van der Waals surface area contributed by atoms with E-state index in [2.05, 4.69) is 35.1 Å². The maximum Gasteiger partial charge on any atom is 0.251 e. The van der Waals surface area contributed by atoms with Gasteiger partial charge in [0.15, 0.2) is 0 Å². The Kier molecular flexibility index (Phi) is 4.54. The molecule has 88 valence electrons. The van der Waals surface area contributed by atoms with Gasteiger partial charge in [-0.05, 0) is 37.5 Å². The van der Waals surface area contributed by atoms with Crippen molar-refractivity contribution in [1.29, 1.82) is 0 Å². The predicted molar refractivity (Wildman–Crippen MR) is 70.6 cm³/mol. The van der Waals surface area contributed by atoms with E-state index in [9.17, 15) is 4.79 Å². The number of benzene rings is 1. The van der Waals surface area contributed by atoms with Crippen molar-refractivity contribution < 1.29 is 4.79 Å². The zero-order chi connectivity index (χ0) is 12.3. The third-order valence-electron chi connectivity index (χ3n) is 2.87. The van der Waals surface area contributed by atoms with E-state index in [4.69, 9.17) is 0 Å². The minimum atomic E-state index is 0. The van der Waals surface area contributed by atoms with Crippen LogP contribution in [0.2, 0.25) is 0 Å². The SMILES string of the molecule is Cc1c(Br)cccc1C(=O)NC(C)C(C)C. The van der Waals surface area contributed by atoms with Crippen LogP contribution >= 0.6 is 15.9 Å². The second-order valence-electron chi connectivity index (χ2n) is 4.42. The first-order chi connectivity index (χ1) is 7.43. The third-order valence-corrected chi connectivity index (χ3v) is 3.73. The van der Waals surface area contributed by atoms with E-state index < -0.39 is 0 Å². The van der Waals surface area contributed by atoms with Crippen LogP contribution in [0.5, 0.6) is 0 Å². The highest BCUT2D eigenvalue weighted by Gasteiger charge is 2.14. The molecule has 16 heavy (non-hydrogen) atoms. The fourth-order valence-corrected chi connectivity index (χ4v) is 1.67. The second kappa shape index (κ2) is 5.48. The highest BCUT2D eigenvalue weighted by Crippen LogP contribution is 2.19. The Morgan fingerprint density at radius 1 is 1.31 bits per heavy atom. The van der Waals surface area contributed by atoms with E-state index >= 15 is 0 Å². The minimum absolute atomic E-state index is 0. The topological polar surface area (TPSA) is 29.1 Å². The summed E-state index contributed by atoms with van der Waals surface area (Å²) in [5, 5.41) is 3.00. The molecule has 1 aromatic rings. The van der Waals surface area contributed by atoms with Gasteiger partial charge in [0.05, 0.1) is 0 Å². The molecule has 1 atom stereocenters. The molecular formula is C13H18BrNO. The molecule has 0 saturated carbocycles. The van der Waals surface area contributed by atoms with Crippen molar-refractivity contribution in [1.82, 2.24) is 5.32 Å². The molecule has 0 bridgehead atoms. The van der Waals surface area contributed by atoms with Crippen molar-refractivity contribution in [3.63, 3.8) is 0 Å². The van der Waals surface area contributed by atoms with Crippen LogP contribution in [-0.4, -0.2) is 11.9 Å². The highest BCUT2D eigenvalue weighted by molar-refractivity contribution is 9.10. The Labute approximate surface area is 106 Å². The minimum Gasteiger partial charge on any atom is -0.349 e. The Bertz CT molecular complexity index is 388. The van der Waals surface area contributed by atoms with Gasteiger partial charge < -0.3 is 5.32 Å². The van der Waals surface area contributed by atoms with Crippen LogP contribution in [0.4, 0.5) is 0 Å². The van der Waals surface area contributed by atoms with Gasteiger partial charge in [0.25, 0.3) is 5.91 Å². The molecule has 0 aromatic heterocycles. The molecule has 0 fully saturated rings. The van der Waals surface area contributed by atoms with Gasteiger partial charge in [-0.3, -0.25) is 4.79 Å². The molecule has 0 aliphatic carbocycles. The van der Waals surface area contributed by atoms with Gasteiger partial charge >= 0.3 is 0 Å². The first-order valence-electron chi connectivity index (χ1n) is 5.49. The molecule has 2 nitrogen and oxygen atoms in total. The smallest absolute Gasteiger partial charge is 0.251 e. The van der Waals surface area contributed by atoms with Crippen molar-refractivity contribution in [2.24, 2.45) is 5.92 Å². The van der Waals surface area contributed by atoms with Crippen LogP contribution in [0.15, 0.2) is 22.7 Å². The standard InChI is InChI=1S/C13H18BrNO/c1-8(2)10(4)15-13(16)11-6-5-7-12(14)9(11)3/h5-8,10H,1-4H3,(H,15,16). The molecule has 0 aliphatic rings. The number of rotatable bonds is 3. The lowest BCUT2D eigenvalue weighted by Gasteiger charge is -2.18. The summed E-state index contributed by atoms with van der Waals surface area (Å²) in [7, 11) is 0. The van der Waals surface area contributed by atoms with E-state index in [0.717, 1.165) is 15.6 Å². The van der Waals surface area contributed by atoms with Crippen LogP contribution in [0.3, 0.4) is 0 Å². The monoisotopic (exact) mass is 283 g/mol. The zero-order valence-corrected chi connectivity index (χ0v) is 11.8. The molecular weight excluding hydrogens is 266 g/mol. The number of nitrogens with one attached hydrogen (secondary N) is 1. The van der Waals surface area contributed by atoms with E-state index in [0.29, 0.717) is 5.92 Å². The number of amides is 1. The number of carbonyl (C=O) groups is 1. The molecule has 1 aromatic carbocycles. The van der Waals surface area contributed by atoms with Crippen LogP contribution in [-0.2, 0) is 0 Å². The summed E-state index contributed by atoms with van der Waals surface area (Å²) in [4.78, 5) is 12.0. The van der Waals surface area contributed by atoms with Gasteiger partial charge in [0, 0.05) is 16.1 Å². The molecule has 1 rings (SSSR count). The average Bonchev–Trinajstić information content (AvgIpc) is 2.21. The summed E-state index contributed by atoms with van der Waals surface area (Å²) in [6.45, 7) is 8.16. The molecule has 0 heterocycles. The van der Waals surface area contributed by atoms with Crippen LogP contribution in [0.25, 0.3) is 0 Å². The summed E-state index contributed by atoms with van der Waals surface area (Å²) in [5.41, 5.74) is 1.72. The van der Waals surface area contributed by atoms with Crippen LogP contribution in [0, 0.1) is 12.8 Å². The molecule has 1 amide bonds. The fourth-order valence-electron chi connectivity index (χ4n) is 1.30. The average molecular weight is 284 g/mol. The van der Waals surface area contributed by atoms with Crippen LogP contribution in [0.1, 0.15) is 36.7 Å². The summed E-state index contributed by atoms with van der Waals surface area (Å²) in [6, 6.07) is 5.86. The quantitative estimate of drug-likeness (QED) is 0.903. The number of hydrogen-bond acceptors (Lipinski definition) is 1. The lowest BCUT2D eigenvalue weighted by Crippen LogP contribution is -2.36. The maximum absolute atomic E-state index is 12.0. The van der Waals surface area contributed by atoms with E-state index in [1.54, 1.807) is 0 Å². The zero-order valence-electron chi connectivity index (χ0n) is 10.2. The van der Waals surface area contributed by atoms with Gasteiger partial charge in [0.1, 0.15) is 0 Å². The van der Waals surface area contributed by atoms with Crippen molar-refractivity contribution in [3.8, 4) is 0 Å². The van der Waals surface area contributed by atoms with Gasteiger partial charge in [-0.1, -0.05) is 35.8 Å². The first-order valence-corrected chi connectivity index (χ1v) is 6.28. The van der Waals surface area contributed by atoms with Crippen LogP contribution < -0.4 is 5.32 Å². The summed E-state index contributed by atoms with van der Waals surface area (Å²) in [6.07, 6.45) is 0. The third kappa shape index (κ3) is 3.08. The van der Waals surface area contributed by atoms with E-state index in [-0.39, 0.29) is 11.9 Å². The molecule has 1 unspecified atom stereocenters. The fraction of sp³-hybridized carbons (Fsp3) is 0.462. The Balaban J connectivity index is 2.85. The number of halogens is 1. The molecule has 0 saturated heterocycles. The number of carbonyl (C=O) groups excluding carboxylic acids is 1. The van der Waals surface area contributed by atoms with Crippen molar-refractivity contribution in [2.45, 2.75) is 33.7 Å². The number of hydrogen-bond donors (Lipinski definition) is 1. The molecule has 0 radical (unpaired) electrons. The second-order valence-corrected chi connectivity index (χ2v) is 5.27. The van der Waals surface area contributed by atoms with Crippen molar-refractivity contribution >= 4 is 21.8 Å². The first kappa shape index (κ1) is 13.2. The van der Waals surface area contributed by atoms with E-state index in [1.807, 2.05) is 32.0 Å². The molecule has 0 spiro atoms. The summed E-state index contributed by atoms with van der Waals surface area (Å²) in [5.74, 6) is 0.441. The lowest BCUT2D eigenvalue weighted by molar-refractivity contribution is 0.0930. The van der Waals surface area contributed by atoms with E-state index in [1.165, 1.54) is 0 Å². The predicted octanol–water partition coefficient (Wildman–Crippen LogP) is 3.53. The summed E-state index contributed by atoms with van der Waals surface area (Å²) < 4.78 is 0.970. The Hall–Kier alpha value is -0.830. The molecule has 0 aliphatic heterocycles. The normalized spacial score (nSPS) is 12.6. The molecule has 1 N–H and O–H groups in total. The highest BCUT2D eigenvalue weighted by atomic mass is 79.9. The Morgan fingerprint density at radius 3 is 2.50 bits per heavy atom. The Morgan fingerprint density at radius 2 is 1.94 bits per heavy atom. The van der Waals surface area contributed by atoms with Gasteiger partial charge in [-0.25, -0.2) is 0 Å². The van der Waals surface area contributed by atoms with Crippen molar-refractivity contribution in [3.05, 3.63) is 33.8 Å². The molecule has 3 heteroatoms. The lowest BCUT2D eigenvalue weighted by atomic mass is 10.0. The van der Waals surface area contributed by atoms with Gasteiger partial charge in [0.2, 0.25) is 0 Å². The maximum atomic E-state index is 12.0.